The van der Waals surface area contributed by atoms with Crippen LogP contribution < -0.4 is 15.0 Å². The number of nitrogens with one attached hydrogen (secondary N) is 1. The van der Waals surface area contributed by atoms with E-state index in [-0.39, 0.29) is 30.5 Å². The minimum Gasteiger partial charge on any atom is -0.423 e. The number of carbonyl (C=O) groups is 2. The van der Waals surface area contributed by atoms with E-state index in [9.17, 15) is 9.59 Å². The number of ether oxygens (including phenoxy) is 1. The van der Waals surface area contributed by atoms with Crippen molar-refractivity contribution in [2.45, 2.75) is 44.1 Å². The van der Waals surface area contributed by atoms with E-state index in [1.54, 1.807) is 6.07 Å². The van der Waals surface area contributed by atoms with E-state index in [1.165, 1.54) is 19.3 Å². The standard InChI is InChI=1S/C20H24N2O3/c23-18(11-22-12-19(24)25-17-4-2-1-3-16(17)22)21-20-8-13-5-14(9-20)7-15(6-13)10-20/h1-4,13-15H,5-12H2,(H,21,23). The van der Waals surface area contributed by atoms with Crippen LogP contribution in [-0.2, 0) is 9.59 Å². The number of hydrogen-bond acceptors (Lipinski definition) is 4. The second-order valence-electron chi connectivity index (χ2n) is 8.54. The van der Waals surface area contributed by atoms with Crippen LogP contribution in [0.5, 0.6) is 5.75 Å². The van der Waals surface area contributed by atoms with Crippen LogP contribution in [0.25, 0.3) is 0 Å². The molecule has 1 N–H and O–H groups in total. The molecule has 0 aromatic heterocycles. The van der Waals surface area contributed by atoms with Crippen LogP contribution in [0.15, 0.2) is 24.3 Å². The van der Waals surface area contributed by atoms with E-state index < -0.39 is 0 Å². The predicted octanol–water partition coefficient (Wildman–Crippen LogP) is 2.50. The summed E-state index contributed by atoms with van der Waals surface area (Å²) in [5, 5.41) is 3.38. The molecule has 132 valence electrons. The molecule has 4 fully saturated rings. The molecule has 5 nitrogen and oxygen atoms in total. The molecule has 5 aliphatic rings. The van der Waals surface area contributed by atoms with Crippen LogP contribution >= 0.6 is 0 Å². The monoisotopic (exact) mass is 340 g/mol. The van der Waals surface area contributed by atoms with Crippen molar-refractivity contribution in [1.29, 1.82) is 0 Å². The lowest BCUT2D eigenvalue weighted by atomic mass is 9.53. The number of hydrogen-bond donors (Lipinski definition) is 1. The smallest absolute Gasteiger partial charge is 0.331 e. The first-order valence-corrected chi connectivity index (χ1v) is 9.44. The van der Waals surface area contributed by atoms with Gasteiger partial charge in [-0.15, -0.1) is 0 Å². The Morgan fingerprint density at radius 1 is 1.12 bits per heavy atom. The van der Waals surface area contributed by atoms with E-state index >= 15 is 0 Å². The molecule has 0 saturated heterocycles. The lowest BCUT2D eigenvalue weighted by molar-refractivity contribution is -0.133. The third kappa shape index (κ3) is 2.70. The molecule has 1 aliphatic heterocycles. The maximum Gasteiger partial charge on any atom is 0.331 e. The zero-order valence-corrected chi connectivity index (χ0v) is 14.4. The Bertz CT molecular complexity index is 694. The number of esters is 1. The van der Waals surface area contributed by atoms with Crippen LogP contribution in [0.2, 0.25) is 0 Å². The van der Waals surface area contributed by atoms with Crippen molar-refractivity contribution in [2.75, 3.05) is 18.0 Å². The Kier molecular flexibility index (Phi) is 3.34. The molecule has 1 aromatic rings. The summed E-state index contributed by atoms with van der Waals surface area (Å²) in [4.78, 5) is 26.5. The molecule has 0 unspecified atom stereocenters. The highest BCUT2D eigenvalue weighted by atomic mass is 16.5. The van der Waals surface area contributed by atoms with Gasteiger partial charge in [0.25, 0.3) is 0 Å². The van der Waals surface area contributed by atoms with Crippen molar-refractivity contribution < 1.29 is 14.3 Å². The summed E-state index contributed by atoms with van der Waals surface area (Å²) in [5.41, 5.74) is 0.838. The minimum atomic E-state index is -0.304. The van der Waals surface area contributed by atoms with Gasteiger partial charge in [0, 0.05) is 5.54 Å². The van der Waals surface area contributed by atoms with Gasteiger partial charge in [-0.05, 0) is 68.4 Å². The number of rotatable bonds is 3. The SMILES string of the molecule is O=C(CN1CC(=O)Oc2ccccc21)NC12CC3CC(CC(C3)C1)C2. The second kappa shape index (κ2) is 5.48. The summed E-state index contributed by atoms with van der Waals surface area (Å²) in [6.45, 7) is 0.346. The van der Waals surface area contributed by atoms with Gasteiger partial charge in [0.05, 0.1) is 12.2 Å². The fourth-order valence-electron chi connectivity index (χ4n) is 6.11. The lowest BCUT2D eigenvalue weighted by Gasteiger charge is -2.57. The number of anilines is 1. The largest absolute Gasteiger partial charge is 0.423 e. The highest BCUT2D eigenvalue weighted by molar-refractivity contribution is 5.89. The molecular weight excluding hydrogens is 316 g/mol. The third-order valence-corrected chi connectivity index (χ3v) is 6.53. The molecule has 0 radical (unpaired) electrons. The predicted molar refractivity (Wildman–Crippen MR) is 93.3 cm³/mol. The minimum absolute atomic E-state index is 0.0155. The van der Waals surface area contributed by atoms with E-state index in [2.05, 4.69) is 5.32 Å². The van der Waals surface area contributed by atoms with E-state index in [1.807, 2.05) is 23.1 Å². The fourth-order valence-corrected chi connectivity index (χ4v) is 6.11. The third-order valence-electron chi connectivity index (χ3n) is 6.53. The van der Waals surface area contributed by atoms with Crippen LogP contribution in [0.1, 0.15) is 38.5 Å². The van der Waals surface area contributed by atoms with Crippen molar-refractivity contribution in [2.24, 2.45) is 17.8 Å². The molecule has 5 heteroatoms. The first-order valence-electron chi connectivity index (χ1n) is 9.44. The van der Waals surface area contributed by atoms with Crippen LogP contribution in [0.4, 0.5) is 5.69 Å². The Balaban J connectivity index is 1.31. The van der Waals surface area contributed by atoms with Gasteiger partial charge in [-0.3, -0.25) is 4.79 Å². The van der Waals surface area contributed by atoms with Crippen molar-refractivity contribution in [1.82, 2.24) is 5.32 Å². The number of amides is 1. The zero-order valence-electron chi connectivity index (χ0n) is 14.4. The van der Waals surface area contributed by atoms with Crippen LogP contribution in [0.3, 0.4) is 0 Å². The van der Waals surface area contributed by atoms with Gasteiger partial charge >= 0.3 is 5.97 Å². The summed E-state index contributed by atoms with van der Waals surface area (Å²) < 4.78 is 5.27. The van der Waals surface area contributed by atoms with Gasteiger partial charge in [-0.2, -0.15) is 0 Å². The van der Waals surface area contributed by atoms with Gasteiger partial charge in [0.15, 0.2) is 5.75 Å². The number of para-hydroxylation sites is 2. The fraction of sp³-hybridized carbons (Fsp3) is 0.600. The molecule has 25 heavy (non-hydrogen) atoms. The average Bonchev–Trinajstić information content (AvgIpc) is 2.52. The molecule has 1 aromatic carbocycles. The summed E-state index contributed by atoms with van der Waals surface area (Å²) in [7, 11) is 0. The Labute approximate surface area is 147 Å². The van der Waals surface area contributed by atoms with Crippen molar-refractivity contribution in [3.63, 3.8) is 0 Å². The Morgan fingerprint density at radius 2 is 1.76 bits per heavy atom. The average molecular weight is 340 g/mol. The van der Waals surface area contributed by atoms with Gasteiger partial charge in [0.2, 0.25) is 5.91 Å². The maximum atomic E-state index is 12.8. The van der Waals surface area contributed by atoms with Crippen LogP contribution in [-0.4, -0.2) is 30.5 Å². The summed E-state index contributed by atoms with van der Waals surface area (Å²) in [6.07, 6.45) is 7.51. The van der Waals surface area contributed by atoms with Crippen molar-refractivity contribution in [3.05, 3.63) is 24.3 Å². The first kappa shape index (κ1) is 15.2. The zero-order chi connectivity index (χ0) is 17.0. The number of carbonyl (C=O) groups excluding carboxylic acids is 2. The van der Waals surface area contributed by atoms with Crippen LogP contribution in [0, 0.1) is 17.8 Å². The lowest BCUT2D eigenvalue weighted by Crippen LogP contribution is -2.61. The number of fused-ring (bicyclic) bond motifs is 1. The molecule has 0 atom stereocenters. The van der Waals surface area contributed by atoms with E-state index in [0.29, 0.717) is 5.75 Å². The first-order chi connectivity index (χ1) is 12.1. The highest BCUT2D eigenvalue weighted by Gasteiger charge is 2.51. The molecule has 1 heterocycles. The maximum absolute atomic E-state index is 12.8. The topological polar surface area (TPSA) is 58.6 Å². The summed E-state index contributed by atoms with van der Waals surface area (Å²) >= 11 is 0. The van der Waals surface area contributed by atoms with Gasteiger partial charge in [-0.25, -0.2) is 4.79 Å². The Morgan fingerprint density at radius 3 is 2.44 bits per heavy atom. The summed E-state index contributed by atoms with van der Waals surface area (Å²) in [6, 6.07) is 7.42. The van der Waals surface area contributed by atoms with E-state index in [4.69, 9.17) is 4.74 Å². The van der Waals surface area contributed by atoms with Gasteiger partial charge in [0.1, 0.15) is 6.54 Å². The van der Waals surface area contributed by atoms with Gasteiger partial charge in [-0.1, -0.05) is 12.1 Å². The highest BCUT2D eigenvalue weighted by Crippen LogP contribution is 2.55. The molecular formula is C20H24N2O3. The van der Waals surface area contributed by atoms with Crippen molar-refractivity contribution >= 4 is 17.6 Å². The molecule has 6 rings (SSSR count). The van der Waals surface area contributed by atoms with E-state index in [0.717, 1.165) is 42.7 Å². The number of nitrogens with zero attached hydrogens (tertiary/aromatic N) is 1. The van der Waals surface area contributed by atoms with Gasteiger partial charge < -0.3 is 15.0 Å². The quantitative estimate of drug-likeness (QED) is 0.678. The Hall–Kier alpha value is -2.04. The molecule has 4 bridgehead atoms. The normalized spacial score (nSPS) is 35.3. The van der Waals surface area contributed by atoms with Crippen molar-refractivity contribution in [3.8, 4) is 5.75 Å². The molecule has 4 saturated carbocycles. The molecule has 0 spiro atoms. The molecule has 4 aliphatic carbocycles. The summed E-state index contributed by atoms with van der Waals surface area (Å²) in [5.74, 6) is 2.68. The molecule has 1 amide bonds. The second-order valence-corrected chi connectivity index (χ2v) is 8.54. The number of benzene rings is 1.